The molecule has 0 saturated carbocycles. The van der Waals surface area contributed by atoms with E-state index in [0.717, 1.165) is 39.9 Å². The molecule has 0 amide bonds. The van der Waals surface area contributed by atoms with E-state index in [2.05, 4.69) is 10.6 Å². The van der Waals surface area contributed by atoms with Crippen LogP contribution in [0.3, 0.4) is 0 Å². The molecule has 4 aromatic carbocycles. The van der Waals surface area contributed by atoms with E-state index < -0.39 is 0 Å². The number of nitrogen functional groups attached to an aromatic ring is 1. The van der Waals surface area contributed by atoms with Crippen LogP contribution in [-0.2, 0) is 0 Å². The van der Waals surface area contributed by atoms with E-state index >= 15 is 0 Å². The zero-order chi connectivity index (χ0) is 21.9. The van der Waals surface area contributed by atoms with Crippen molar-refractivity contribution in [2.24, 2.45) is 0 Å². The van der Waals surface area contributed by atoms with Gasteiger partial charge in [0.25, 0.3) is 0 Å². The quantitative estimate of drug-likeness (QED) is 0.317. The lowest BCUT2D eigenvalue weighted by atomic mass is 10.2. The highest BCUT2D eigenvalue weighted by Gasteiger charge is 1.96. The van der Waals surface area contributed by atoms with Crippen molar-refractivity contribution in [2.75, 3.05) is 30.6 Å². The molecule has 0 aliphatic heterocycles. The van der Waals surface area contributed by atoms with E-state index in [4.69, 9.17) is 15.2 Å². The molecule has 4 aromatic rings. The summed E-state index contributed by atoms with van der Waals surface area (Å²) in [4.78, 5) is 0. The number of benzene rings is 4. The summed E-state index contributed by atoms with van der Waals surface area (Å²) in [6.07, 6.45) is 0. The van der Waals surface area contributed by atoms with Crippen molar-refractivity contribution in [3.63, 3.8) is 0 Å². The molecule has 0 fully saturated rings. The van der Waals surface area contributed by atoms with Gasteiger partial charge >= 0.3 is 0 Å². The summed E-state index contributed by atoms with van der Waals surface area (Å²) in [5.41, 5.74) is 10.5. The number of anilines is 5. The predicted octanol–water partition coefficient (Wildman–Crippen LogP) is 6.46. The van der Waals surface area contributed by atoms with E-state index in [-0.39, 0.29) is 0 Å². The molecule has 0 aromatic heterocycles. The van der Waals surface area contributed by atoms with Gasteiger partial charge in [-0.15, -0.1) is 0 Å². The Balaban J connectivity index is 0.000000179. The molecule has 0 aliphatic rings. The molecule has 31 heavy (non-hydrogen) atoms. The summed E-state index contributed by atoms with van der Waals surface area (Å²) in [7, 11) is 3.32. The molecule has 5 nitrogen and oxygen atoms in total. The summed E-state index contributed by atoms with van der Waals surface area (Å²) in [5, 5.41) is 6.57. The van der Waals surface area contributed by atoms with Crippen LogP contribution in [0.4, 0.5) is 28.4 Å². The maximum Gasteiger partial charge on any atom is 0.119 e. The minimum absolute atomic E-state index is 0.781. The van der Waals surface area contributed by atoms with Gasteiger partial charge < -0.3 is 25.8 Å². The van der Waals surface area contributed by atoms with Crippen LogP contribution < -0.4 is 25.8 Å². The molecule has 5 heteroatoms. The van der Waals surface area contributed by atoms with Crippen molar-refractivity contribution in [3.8, 4) is 11.5 Å². The molecule has 0 aliphatic carbocycles. The Labute approximate surface area is 183 Å². The SMILES string of the molecule is COc1ccc(Nc2ccc(OC)cc2)cc1.Nc1ccc(Nc2ccccc2)cc1. The topological polar surface area (TPSA) is 68.5 Å². The van der Waals surface area contributed by atoms with Crippen LogP contribution >= 0.6 is 0 Å². The maximum absolute atomic E-state index is 5.59. The highest BCUT2D eigenvalue weighted by molar-refractivity contribution is 5.62. The van der Waals surface area contributed by atoms with E-state index in [1.165, 1.54) is 0 Å². The molecular formula is C26H27N3O2. The van der Waals surface area contributed by atoms with Crippen molar-refractivity contribution in [1.82, 2.24) is 0 Å². The van der Waals surface area contributed by atoms with Gasteiger partial charge in [0.05, 0.1) is 14.2 Å². The third kappa shape index (κ3) is 7.01. The monoisotopic (exact) mass is 413 g/mol. The number of nitrogens with one attached hydrogen (secondary N) is 2. The van der Waals surface area contributed by atoms with E-state index in [9.17, 15) is 0 Å². The maximum atomic E-state index is 5.59. The van der Waals surface area contributed by atoms with Crippen molar-refractivity contribution in [3.05, 3.63) is 103 Å². The third-order valence-electron chi connectivity index (χ3n) is 4.44. The van der Waals surface area contributed by atoms with Crippen LogP contribution in [0.15, 0.2) is 103 Å². The van der Waals surface area contributed by atoms with Gasteiger partial charge in [-0.1, -0.05) is 18.2 Å². The van der Waals surface area contributed by atoms with Gasteiger partial charge in [-0.2, -0.15) is 0 Å². The van der Waals surface area contributed by atoms with Gasteiger partial charge in [0.1, 0.15) is 11.5 Å². The van der Waals surface area contributed by atoms with E-state index in [1.54, 1.807) is 14.2 Å². The average molecular weight is 414 g/mol. The van der Waals surface area contributed by atoms with Crippen LogP contribution in [0.1, 0.15) is 0 Å². The number of ether oxygens (including phenoxy) is 2. The molecular weight excluding hydrogens is 386 g/mol. The van der Waals surface area contributed by atoms with Gasteiger partial charge in [-0.05, 0) is 84.9 Å². The molecule has 0 atom stereocenters. The lowest BCUT2D eigenvalue weighted by Crippen LogP contribution is -1.90. The van der Waals surface area contributed by atoms with Gasteiger partial charge in [0.15, 0.2) is 0 Å². The second-order valence-electron chi connectivity index (χ2n) is 6.70. The molecule has 0 unspecified atom stereocenters. The zero-order valence-electron chi connectivity index (χ0n) is 17.7. The number of rotatable bonds is 6. The fraction of sp³-hybridized carbons (Fsp3) is 0.0769. The highest BCUT2D eigenvalue weighted by Crippen LogP contribution is 2.22. The molecule has 0 spiro atoms. The summed E-state index contributed by atoms with van der Waals surface area (Å²) < 4.78 is 10.2. The largest absolute Gasteiger partial charge is 0.497 e. The zero-order valence-corrected chi connectivity index (χ0v) is 17.7. The second-order valence-corrected chi connectivity index (χ2v) is 6.70. The number of para-hydroxylation sites is 1. The molecule has 0 radical (unpaired) electrons. The third-order valence-corrected chi connectivity index (χ3v) is 4.44. The highest BCUT2D eigenvalue weighted by atomic mass is 16.5. The normalized spacial score (nSPS) is 9.74. The summed E-state index contributed by atoms with van der Waals surface area (Å²) >= 11 is 0. The lowest BCUT2D eigenvalue weighted by Gasteiger charge is -2.08. The first-order valence-electron chi connectivity index (χ1n) is 9.89. The summed E-state index contributed by atoms with van der Waals surface area (Å²) in [6.45, 7) is 0. The second kappa shape index (κ2) is 11.2. The van der Waals surface area contributed by atoms with Crippen LogP contribution in [-0.4, -0.2) is 14.2 Å². The predicted molar refractivity (Wildman–Crippen MR) is 130 cm³/mol. The first-order valence-corrected chi connectivity index (χ1v) is 9.89. The summed E-state index contributed by atoms with van der Waals surface area (Å²) in [5.74, 6) is 1.70. The number of nitrogens with two attached hydrogens (primary N) is 1. The van der Waals surface area contributed by atoms with Crippen LogP contribution in [0, 0.1) is 0 Å². The Kier molecular flexibility index (Phi) is 7.77. The standard InChI is InChI=1S/C14H15NO2.C12H12N2/c1-16-13-7-3-11(4-8-13)15-12-5-9-14(17-2)10-6-12;13-10-6-8-12(9-7-10)14-11-4-2-1-3-5-11/h3-10,15H,1-2H3;1-9,14H,13H2. The minimum Gasteiger partial charge on any atom is -0.497 e. The van der Waals surface area contributed by atoms with E-state index in [1.807, 2.05) is 103 Å². The van der Waals surface area contributed by atoms with Gasteiger partial charge in [-0.3, -0.25) is 0 Å². The van der Waals surface area contributed by atoms with E-state index in [0.29, 0.717) is 0 Å². The molecule has 0 heterocycles. The van der Waals surface area contributed by atoms with Crippen LogP contribution in [0.2, 0.25) is 0 Å². The lowest BCUT2D eigenvalue weighted by molar-refractivity contribution is 0.415. The van der Waals surface area contributed by atoms with Gasteiger partial charge in [0, 0.05) is 28.4 Å². The molecule has 0 bridgehead atoms. The molecule has 4 N–H and O–H groups in total. The van der Waals surface area contributed by atoms with Crippen LogP contribution in [0.5, 0.6) is 11.5 Å². The van der Waals surface area contributed by atoms with Gasteiger partial charge in [0.2, 0.25) is 0 Å². The smallest absolute Gasteiger partial charge is 0.119 e. The van der Waals surface area contributed by atoms with Crippen molar-refractivity contribution >= 4 is 28.4 Å². The minimum atomic E-state index is 0.781. The number of hydrogen-bond acceptors (Lipinski definition) is 5. The van der Waals surface area contributed by atoms with Crippen molar-refractivity contribution < 1.29 is 9.47 Å². The van der Waals surface area contributed by atoms with Gasteiger partial charge in [-0.25, -0.2) is 0 Å². The Morgan fingerprint density at radius 3 is 1.23 bits per heavy atom. The Morgan fingerprint density at radius 2 is 0.839 bits per heavy atom. The van der Waals surface area contributed by atoms with Crippen molar-refractivity contribution in [2.45, 2.75) is 0 Å². The van der Waals surface area contributed by atoms with Crippen LogP contribution in [0.25, 0.3) is 0 Å². The Bertz CT molecular complexity index is 987. The number of methoxy groups -OCH3 is 2. The molecule has 4 rings (SSSR count). The van der Waals surface area contributed by atoms with Crippen molar-refractivity contribution in [1.29, 1.82) is 0 Å². The fourth-order valence-corrected chi connectivity index (χ4v) is 2.77. The molecule has 158 valence electrons. The Morgan fingerprint density at radius 1 is 0.484 bits per heavy atom. The first-order chi connectivity index (χ1) is 15.2. The fourth-order valence-electron chi connectivity index (χ4n) is 2.77. The average Bonchev–Trinajstić information content (AvgIpc) is 2.83. The first kappa shape index (κ1) is 21.6. The number of hydrogen-bond donors (Lipinski definition) is 3. The summed E-state index contributed by atoms with van der Waals surface area (Å²) in [6, 6.07) is 33.3. The molecule has 0 saturated heterocycles. The Hall–Kier alpha value is -4.12.